The van der Waals surface area contributed by atoms with Gasteiger partial charge in [0.15, 0.2) is 0 Å². The fourth-order valence-electron chi connectivity index (χ4n) is 4.55. The summed E-state index contributed by atoms with van der Waals surface area (Å²) in [6.07, 6.45) is 1.59. The van der Waals surface area contributed by atoms with Gasteiger partial charge in [-0.05, 0) is 79.6 Å². The average molecular weight is 479 g/mol. The van der Waals surface area contributed by atoms with Crippen LogP contribution in [0, 0.1) is 5.82 Å². The van der Waals surface area contributed by atoms with Crippen molar-refractivity contribution in [3.63, 3.8) is 0 Å². The highest BCUT2D eigenvalue weighted by molar-refractivity contribution is 6.06. The molecule has 35 heavy (non-hydrogen) atoms. The smallest absolute Gasteiger partial charge is 0.258 e. The Morgan fingerprint density at radius 1 is 0.886 bits per heavy atom. The Hall–Kier alpha value is -3.58. The van der Waals surface area contributed by atoms with Gasteiger partial charge in [-0.3, -0.25) is 9.69 Å². The first kappa shape index (κ1) is 24.5. The van der Waals surface area contributed by atoms with Gasteiger partial charge in [0.05, 0.1) is 21.3 Å². The molecule has 6 nitrogen and oxygen atoms in total. The van der Waals surface area contributed by atoms with Crippen molar-refractivity contribution in [2.24, 2.45) is 0 Å². The van der Waals surface area contributed by atoms with Crippen molar-refractivity contribution in [1.82, 2.24) is 4.90 Å². The molecule has 0 saturated carbocycles. The SMILES string of the molecule is COc1ccc(C(=O)N(c2ccc(F)cc2)C2CCN(Cc3cc(OC)ccc3OC)CC2)cc1. The molecule has 1 saturated heterocycles. The van der Waals surface area contributed by atoms with Crippen LogP contribution in [0.2, 0.25) is 0 Å². The Labute approximate surface area is 205 Å². The van der Waals surface area contributed by atoms with Gasteiger partial charge in [0.25, 0.3) is 5.91 Å². The lowest BCUT2D eigenvalue weighted by molar-refractivity contribution is 0.0958. The minimum atomic E-state index is -0.326. The van der Waals surface area contributed by atoms with E-state index < -0.39 is 0 Å². The summed E-state index contributed by atoms with van der Waals surface area (Å²) in [5.74, 6) is 1.88. The number of piperidine rings is 1. The van der Waals surface area contributed by atoms with E-state index in [-0.39, 0.29) is 17.8 Å². The molecule has 1 fully saturated rings. The number of likely N-dealkylation sites (tertiary alicyclic amines) is 1. The molecule has 0 N–H and O–H groups in total. The molecule has 7 heteroatoms. The second-order valence-electron chi connectivity index (χ2n) is 8.57. The van der Waals surface area contributed by atoms with E-state index in [1.54, 1.807) is 57.7 Å². The first-order valence-electron chi connectivity index (χ1n) is 11.7. The van der Waals surface area contributed by atoms with Crippen LogP contribution in [0.3, 0.4) is 0 Å². The maximum absolute atomic E-state index is 13.6. The number of halogens is 1. The van der Waals surface area contributed by atoms with E-state index in [0.717, 1.165) is 49.5 Å². The zero-order chi connectivity index (χ0) is 24.8. The molecule has 1 heterocycles. The number of hydrogen-bond acceptors (Lipinski definition) is 5. The van der Waals surface area contributed by atoms with Crippen LogP contribution in [0.15, 0.2) is 66.7 Å². The molecule has 0 unspecified atom stereocenters. The summed E-state index contributed by atoms with van der Waals surface area (Å²) in [6.45, 7) is 2.37. The van der Waals surface area contributed by atoms with Crippen LogP contribution in [0.5, 0.6) is 17.2 Å². The molecule has 0 radical (unpaired) electrons. The van der Waals surface area contributed by atoms with Gasteiger partial charge in [0.2, 0.25) is 0 Å². The van der Waals surface area contributed by atoms with Crippen molar-refractivity contribution in [2.45, 2.75) is 25.4 Å². The van der Waals surface area contributed by atoms with Gasteiger partial charge in [0, 0.05) is 42.5 Å². The molecule has 1 amide bonds. The predicted octanol–water partition coefficient (Wildman–Crippen LogP) is 5.16. The van der Waals surface area contributed by atoms with Gasteiger partial charge in [-0.25, -0.2) is 4.39 Å². The van der Waals surface area contributed by atoms with Crippen molar-refractivity contribution in [2.75, 3.05) is 39.3 Å². The lowest BCUT2D eigenvalue weighted by atomic mass is 10.00. The lowest BCUT2D eigenvalue weighted by Crippen LogP contribution is -2.47. The highest BCUT2D eigenvalue weighted by Crippen LogP contribution is 2.30. The number of rotatable bonds is 8. The molecule has 0 atom stereocenters. The van der Waals surface area contributed by atoms with E-state index in [1.165, 1.54) is 12.1 Å². The van der Waals surface area contributed by atoms with E-state index in [2.05, 4.69) is 4.90 Å². The summed E-state index contributed by atoms with van der Waals surface area (Å²) in [7, 11) is 4.92. The fraction of sp³-hybridized carbons (Fsp3) is 0.321. The van der Waals surface area contributed by atoms with E-state index in [0.29, 0.717) is 17.0 Å². The number of benzene rings is 3. The van der Waals surface area contributed by atoms with Crippen molar-refractivity contribution in [3.8, 4) is 17.2 Å². The first-order valence-corrected chi connectivity index (χ1v) is 11.7. The van der Waals surface area contributed by atoms with Crippen LogP contribution in [0.4, 0.5) is 10.1 Å². The van der Waals surface area contributed by atoms with Crippen LogP contribution in [-0.4, -0.2) is 51.3 Å². The van der Waals surface area contributed by atoms with Crippen molar-refractivity contribution < 1.29 is 23.4 Å². The summed E-state index contributed by atoms with van der Waals surface area (Å²) < 4.78 is 29.8. The maximum Gasteiger partial charge on any atom is 0.258 e. The number of amides is 1. The van der Waals surface area contributed by atoms with Crippen molar-refractivity contribution in [1.29, 1.82) is 0 Å². The number of ether oxygens (including phenoxy) is 3. The monoisotopic (exact) mass is 478 g/mol. The van der Waals surface area contributed by atoms with Gasteiger partial charge in [-0.2, -0.15) is 0 Å². The molecule has 1 aliphatic heterocycles. The summed E-state index contributed by atoms with van der Waals surface area (Å²) in [5, 5.41) is 0. The van der Waals surface area contributed by atoms with Crippen LogP contribution >= 0.6 is 0 Å². The Morgan fingerprint density at radius 3 is 2.11 bits per heavy atom. The number of anilines is 1. The zero-order valence-electron chi connectivity index (χ0n) is 20.4. The quantitative estimate of drug-likeness (QED) is 0.448. The van der Waals surface area contributed by atoms with Crippen LogP contribution < -0.4 is 19.1 Å². The lowest BCUT2D eigenvalue weighted by Gasteiger charge is -2.39. The van der Waals surface area contributed by atoms with Gasteiger partial charge in [-0.15, -0.1) is 0 Å². The highest BCUT2D eigenvalue weighted by atomic mass is 19.1. The van der Waals surface area contributed by atoms with Crippen LogP contribution in [0.25, 0.3) is 0 Å². The van der Waals surface area contributed by atoms with E-state index >= 15 is 0 Å². The first-order chi connectivity index (χ1) is 17.0. The number of carbonyl (C=O) groups excluding carboxylic acids is 1. The number of carbonyl (C=O) groups is 1. The summed E-state index contributed by atoms with van der Waals surface area (Å²) in [5.41, 5.74) is 2.33. The highest BCUT2D eigenvalue weighted by Gasteiger charge is 2.30. The maximum atomic E-state index is 13.6. The molecular weight excluding hydrogens is 447 g/mol. The minimum Gasteiger partial charge on any atom is -0.497 e. The van der Waals surface area contributed by atoms with Gasteiger partial charge < -0.3 is 19.1 Å². The summed E-state index contributed by atoms with van der Waals surface area (Å²) in [4.78, 5) is 17.8. The minimum absolute atomic E-state index is 0.00137. The van der Waals surface area contributed by atoms with Gasteiger partial charge >= 0.3 is 0 Å². The summed E-state index contributed by atoms with van der Waals surface area (Å²) in [6, 6.07) is 19.0. The third kappa shape index (κ3) is 5.74. The van der Waals surface area contributed by atoms with E-state index in [9.17, 15) is 9.18 Å². The Morgan fingerprint density at radius 2 is 1.51 bits per heavy atom. The molecule has 3 aromatic carbocycles. The molecule has 184 valence electrons. The molecule has 0 bridgehead atoms. The standard InChI is InChI=1S/C28H31FN2O4/c1-33-25-10-4-20(5-11-25)28(32)31(23-8-6-22(29)7-9-23)24-14-16-30(17-15-24)19-21-18-26(34-2)12-13-27(21)35-3/h4-13,18,24H,14-17,19H2,1-3H3. The normalized spacial score (nSPS) is 14.4. The molecule has 0 aliphatic carbocycles. The molecular formula is C28H31FN2O4. The molecule has 0 spiro atoms. The second-order valence-corrected chi connectivity index (χ2v) is 8.57. The zero-order valence-corrected chi connectivity index (χ0v) is 20.4. The Kier molecular flexibility index (Phi) is 7.87. The number of methoxy groups -OCH3 is 3. The molecule has 0 aromatic heterocycles. The third-order valence-corrected chi connectivity index (χ3v) is 6.46. The number of nitrogens with zero attached hydrogens (tertiary/aromatic N) is 2. The van der Waals surface area contributed by atoms with Crippen molar-refractivity contribution in [3.05, 3.63) is 83.7 Å². The Bertz CT molecular complexity index is 1130. The van der Waals surface area contributed by atoms with E-state index in [4.69, 9.17) is 14.2 Å². The summed E-state index contributed by atoms with van der Waals surface area (Å²) >= 11 is 0. The largest absolute Gasteiger partial charge is 0.497 e. The van der Waals surface area contributed by atoms with Crippen molar-refractivity contribution >= 4 is 11.6 Å². The molecule has 1 aliphatic rings. The number of hydrogen-bond donors (Lipinski definition) is 0. The third-order valence-electron chi connectivity index (χ3n) is 6.46. The Balaban J connectivity index is 1.51. The van der Waals surface area contributed by atoms with Gasteiger partial charge in [0.1, 0.15) is 23.1 Å². The average Bonchev–Trinajstić information content (AvgIpc) is 2.90. The molecule has 3 aromatic rings. The second kappa shape index (κ2) is 11.2. The predicted molar refractivity (Wildman–Crippen MR) is 134 cm³/mol. The van der Waals surface area contributed by atoms with Crippen LogP contribution in [-0.2, 0) is 6.54 Å². The topological polar surface area (TPSA) is 51.2 Å². The van der Waals surface area contributed by atoms with E-state index in [1.807, 2.05) is 23.1 Å². The van der Waals surface area contributed by atoms with Gasteiger partial charge in [-0.1, -0.05) is 0 Å². The van der Waals surface area contributed by atoms with Crippen LogP contribution in [0.1, 0.15) is 28.8 Å². The fourth-order valence-corrected chi connectivity index (χ4v) is 4.55. The molecule has 4 rings (SSSR count).